The molecule has 2 saturated carbocycles. The highest BCUT2D eigenvalue weighted by atomic mass is 32.1. The molecule has 2 aliphatic rings. The molecule has 3 aromatic rings. The molecule has 1 N–H and O–H groups in total. The molecule has 4 unspecified atom stereocenters. The van der Waals surface area contributed by atoms with Crippen molar-refractivity contribution in [2.75, 3.05) is 0 Å². The largest absolute Gasteiger partial charge is 0.353 e. The SMILES string of the molecule is Cc1ccc(-c2sc(-c3ccccc3)nc2CC(=O)NC(C)C2CC3CCC2C3)cc1. The monoisotopic (exact) mass is 430 g/mol. The third-order valence-corrected chi connectivity index (χ3v) is 8.38. The van der Waals surface area contributed by atoms with E-state index in [4.69, 9.17) is 4.98 Å². The zero-order chi connectivity index (χ0) is 21.4. The molecule has 2 fully saturated rings. The summed E-state index contributed by atoms with van der Waals surface area (Å²) in [4.78, 5) is 19.0. The molecular formula is C27H30N2OS. The van der Waals surface area contributed by atoms with E-state index in [1.807, 2.05) is 18.2 Å². The summed E-state index contributed by atoms with van der Waals surface area (Å²) in [5.41, 5.74) is 4.35. The highest BCUT2D eigenvalue weighted by Crippen LogP contribution is 2.49. The Morgan fingerprint density at radius 2 is 1.84 bits per heavy atom. The highest BCUT2D eigenvalue weighted by molar-refractivity contribution is 7.18. The molecule has 0 spiro atoms. The van der Waals surface area contributed by atoms with E-state index in [0.29, 0.717) is 12.3 Å². The summed E-state index contributed by atoms with van der Waals surface area (Å²) in [6, 6.07) is 19.0. The van der Waals surface area contributed by atoms with Gasteiger partial charge in [-0.1, -0.05) is 66.6 Å². The fraction of sp³-hybridized carbons (Fsp3) is 0.407. The summed E-state index contributed by atoms with van der Waals surface area (Å²) in [5, 5.41) is 4.29. The van der Waals surface area contributed by atoms with Crippen molar-refractivity contribution in [3.63, 3.8) is 0 Å². The molecule has 4 heteroatoms. The molecule has 0 radical (unpaired) electrons. The van der Waals surface area contributed by atoms with E-state index in [0.717, 1.165) is 38.5 Å². The minimum absolute atomic E-state index is 0.0912. The van der Waals surface area contributed by atoms with Gasteiger partial charge < -0.3 is 5.32 Å². The van der Waals surface area contributed by atoms with Gasteiger partial charge >= 0.3 is 0 Å². The number of aryl methyl sites for hydroxylation is 1. The molecular weight excluding hydrogens is 400 g/mol. The zero-order valence-corrected chi connectivity index (χ0v) is 19.1. The summed E-state index contributed by atoms with van der Waals surface area (Å²) in [6.07, 6.45) is 5.73. The van der Waals surface area contributed by atoms with Crippen molar-refractivity contribution in [3.05, 3.63) is 65.9 Å². The number of fused-ring (bicyclic) bond motifs is 2. The van der Waals surface area contributed by atoms with E-state index in [-0.39, 0.29) is 11.9 Å². The molecule has 2 bridgehead atoms. The van der Waals surface area contributed by atoms with Crippen molar-refractivity contribution in [3.8, 4) is 21.0 Å². The van der Waals surface area contributed by atoms with Gasteiger partial charge in [-0.25, -0.2) is 4.98 Å². The van der Waals surface area contributed by atoms with Crippen LogP contribution in [0, 0.1) is 24.7 Å². The Morgan fingerprint density at radius 3 is 2.52 bits per heavy atom. The number of nitrogens with one attached hydrogen (secondary N) is 1. The number of carbonyl (C=O) groups is 1. The number of amides is 1. The van der Waals surface area contributed by atoms with Crippen LogP contribution < -0.4 is 5.32 Å². The van der Waals surface area contributed by atoms with Gasteiger partial charge in [-0.2, -0.15) is 0 Å². The van der Waals surface area contributed by atoms with Gasteiger partial charge in [-0.15, -0.1) is 11.3 Å². The van der Waals surface area contributed by atoms with Gasteiger partial charge in [0.2, 0.25) is 5.91 Å². The lowest BCUT2D eigenvalue weighted by molar-refractivity contribution is -0.121. The van der Waals surface area contributed by atoms with Crippen molar-refractivity contribution in [1.29, 1.82) is 0 Å². The summed E-state index contributed by atoms with van der Waals surface area (Å²) in [7, 11) is 0. The van der Waals surface area contributed by atoms with E-state index in [2.05, 4.69) is 55.6 Å². The molecule has 3 nitrogen and oxygen atoms in total. The lowest BCUT2D eigenvalue weighted by atomic mass is 9.84. The van der Waals surface area contributed by atoms with Crippen molar-refractivity contribution >= 4 is 17.2 Å². The van der Waals surface area contributed by atoms with Crippen LogP contribution in [0.3, 0.4) is 0 Å². The molecule has 1 amide bonds. The summed E-state index contributed by atoms with van der Waals surface area (Å²) < 4.78 is 0. The second-order valence-corrected chi connectivity index (χ2v) is 10.4. The van der Waals surface area contributed by atoms with E-state index >= 15 is 0 Å². The Labute approximate surface area is 188 Å². The maximum Gasteiger partial charge on any atom is 0.226 e. The summed E-state index contributed by atoms with van der Waals surface area (Å²) >= 11 is 1.68. The molecule has 1 aromatic heterocycles. The summed E-state index contributed by atoms with van der Waals surface area (Å²) in [5.74, 6) is 2.45. The minimum atomic E-state index is 0.0912. The number of thiazole rings is 1. The number of rotatable bonds is 6. The Morgan fingerprint density at radius 1 is 1.06 bits per heavy atom. The topological polar surface area (TPSA) is 42.0 Å². The molecule has 5 rings (SSSR count). The van der Waals surface area contributed by atoms with Crippen LogP contribution in [-0.4, -0.2) is 16.9 Å². The lowest BCUT2D eigenvalue weighted by Gasteiger charge is -2.28. The number of hydrogen-bond acceptors (Lipinski definition) is 3. The number of carbonyl (C=O) groups excluding carboxylic acids is 1. The number of nitrogens with zero attached hydrogens (tertiary/aromatic N) is 1. The van der Waals surface area contributed by atoms with E-state index in [9.17, 15) is 4.79 Å². The second kappa shape index (κ2) is 8.58. The van der Waals surface area contributed by atoms with Crippen LogP contribution >= 0.6 is 11.3 Å². The fourth-order valence-corrected chi connectivity index (χ4v) is 6.67. The van der Waals surface area contributed by atoms with Crippen LogP contribution in [0.15, 0.2) is 54.6 Å². The first-order valence-electron chi connectivity index (χ1n) is 11.5. The normalized spacial score (nSPS) is 23.1. The van der Waals surface area contributed by atoms with Crippen LogP contribution in [0.5, 0.6) is 0 Å². The van der Waals surface area contributed by atoms with Crippen LogP contribution in [-0.2, 0) is 11.2 Å². The van der Waals surface area contributed by atoms with Gasteiger partial charge in [-0.3, -0.25) is 4.79 Å². The average molecular weight is 431 g/mol. The van der Waals surface area contributed by atoms with Crippen LogP contribution in [0.2, 0.25) is 0 Å². The van der Waals surface area contributed by atoms with Gasteiger partial charge in [0.05, 0.1) is 17.0 Å². The molecule has 160 valence electrons. The van der Waals surface area contributed by atoms with Crippen LogP contribution in [0.1, 0.15) is 43.9 Å². The second-order valence-electron chi connectivity index (χ2n) is 9.40. The van der Waals surface area contributed by atoms with Crippen LogP contribution in [0.4, 0.5) is 0 Å². The molecule has 0 saturated heterocycles. The van der Waals surface area contributed by atoms with Crippen molar-refractivity contribution in [1.82, 2.24) is 10.3 Å². The van der Waals surface area contributed by atoms with Gasteiger partial charge in [0.25, 0.3) is 0 Å². The Kier molecular flexibility index (Phi) is 5.66. The van der Waals surface area contributed by atoms with Crippen molar-refractivity contribution in [2.24, 2.45) is 17.8 Å². The first kappa shape index (κ1) is 20.4. The standard InChI is InChI=1S/C27H30N2OS/c1-17-8-11-20(12-9-17)26-24(29-27(31-26)21-6-4-3-5-7-21)16-25(30)28-18(2)23-15-19-10-13-22(23)14-19/h3-9,11-12,18-19,22-23H,10,13-16H2,1-2H3,(H,28,30). The first-order valence-corrected chi connectivity index (χ1v) is 12.3. The van der Waals surface area contributed by atoms with E-state index in [1.54, 1.807) is 11.3 Å². The van der Waals surface area contributed by atoms with E-state index in [1.165, 1.54) is 31.2 Å². The zero-order valence-electron chi connectivity index (χ0n) is 18.3. The highest BCUT2D eigenvalue weighted by Gasteiger charge is 2.42. The van der Waals surface area contributed by atoms with Gasteiger partial charge in [-0.05, 0) is 56.4 Å². The molecule has 4 atom stereocenters. The number of hydrogen-bond donors (Lipinski definition) is 1. The molecule has 31 heavy (non-hydrogen) atoms. The fourth-order valence-electron chi connectivity index (χ4n) is 5.58. The third-order valence-electron chi connectivity index (χ3n) is 7.18. The first-order chi connectivity index (χ1) is 15.1. The Bertz CT molecular complexity index is 1060. The summed E-state index contributed by atoms with van der Waals surface area (Å²) in [6.45, 7) is 4.29. The molecule has 1 heterocycles. The molecule has 0 aliphatic heterocycles. The molecule has 2 aromatic carbocycles. The van der Waals surface area contributed by atoms with Crippen molar-refractivity contribution < 1.29 is 4.79 Å². The van der Waals surface area contributed by atoms with Crippen LogP contribution in [0.25, 0.3) is 21.0 Å². The Balaban J connectivity index is 1.37. The average Bonchev–Trinajstić information content (AvgIpc) is 3.51. The molecule has 2 aliphatic carbocycles. The minimum Gasteiger partial charge on any atom is -0.353 e. The van der Waals surface area contributed by atoms with E-state index < -0.39 is 0 Å². The van der Waals surface area contributed by atoms with Gasteiger partial charge in [0.1, 0.15) is 5.01 Å². The van der Waals surface area contributed by atoms with Gasteiger partial charge in [0, 0.05) is 11.6 Å². The number of aromatic nitrogens is 1. The lowest BCUT2D eigenvalue weighted by Crippen LogP contribution is -2.40. The number of benzene rings is 2. The predicted octanol–water partition coefficient (Wildman–Crippen LogP) is 6.27. The maximum absolute atomic E-state index is 13.0. The maximum atomic E-state index is 13.0. The predicted molar refractivity (Wildman–Crippen MR) is 128 cm³/mol. The quantitative estimate of drug-likeness (QED) is 0.501. The van der Waals surface area contributed by atoms with Gasteiger partial charge in [0.15, 0.2) is 0 Å². The smallest absolute Gasteiger partial charge is 0.226 e. The van der Waals surface area contributed by atoms with Crippen molar-refractivity contribution in [2.45, 2.75) is 52.0 Å². The third kappa shape index (κ3) is 4.31. The Hall–Kier alpha value is -2.46.